The summed E-state index contributed by atoms with van der Waals surface area (Å²) >= 11 is 0. The molecule has 0 saturated heterocycles. The van der Waals surface area contributed by atoms with Crippen molar-refractivity contribution in [1.82, 2.24) is 0 Å². The Morgan fingerprint density at radius 3 is 2.38 bits per heavy atom. The van der Waals surface area contributed by atoms with E-state index in [9.17, 15) is 14.9 Å². The van der Waals surface area contributed by atoms with Crippen molar-refractivity contribution in [3.63, 3.8) is 0 Å². The molecule has 0 unspecified atom stereocenters. The standard InChI is InChI=1S/C17H13NO6/c1-22-14-9-13-15(17(23-2)16(14)18(20)21)11(19)8-12(24-13)10-6-4-3-5-7-10/h3-9H,1-2H3. The molecule has 1 aromatic heterocycles. The number of benzene rings is 2. The minimum Gasteiger partial charge on any atom is -0.490 e. The van der Waals surface area contributed by atoms with Gasteiger partial charge in [-0.2, -0.15) is 0 Å². The zero-order chi connectivity index (χ0) is 17.3. The third-order valence-electron chi connectivity index (χ3n) is 3.58. The third kappa shape index (κ3) is 2.45. The molecule has 24 heavy (non-hydrogen) atoms. The average molecular weight is 327 g/mol. The second kappa shape index (κ2) is 6.04. The Labute approximate surface area is 136 Å². The molecule has 0 atom stereocenters. The maximum absolute atomic E-state index is 12.5. The second-order valence-electron chi connectivity index (χ2n) is 4.93. The number of hydrogen-bond acceptors (Lipinski definition) is 6. The van der Waals surface area contributed by atoms with Crippen LogP contribution in [0.15, 0.2) is 51.7 Å². The van der Waals surface area contributed by atoms with E-state index in [-0.39, 0.29) is 22.5 Å². The number of methoxy groups -OCH3 is 2. The molecule has 0 fully saturated rings. The van der Waals surface area contributed by atoms with Crippen LogP contribution in [0.5, 0.6) is 11.5 Å². The number of nitro groups is 1. The monoisotopic (exact) mass is 327 g/mol. The highest BCUT2D eigenvalue weighted by molar-refractivity contribution is 5.91. The summed E-state index contributed by atoms with van der Waals surface area (Å²) in [6, 6.07) is 11.7. The lowest BCUT2D eigenvalue weighted by molar-refractivity contribution is -0.386. The van der Waals surface area contributed by atoms with Crippen LogP contribution >= 0.6 is 0 Å². The fourth-order valence-electron chi connectivity index (χ4n) is 2.53. The number of nitro benzene ring substituents is 1. The van der Waals surface area contributed by atoms with Crippen LogP contribution in [0.25, 0.3) is 22.3 Å². The molecule has 0 radical (unpaired) electrons. The lowest BCUT2D eigenvalue weighted by atomic mass is 10.1. The highest BCUT2D eigenvalue weighted by Crippen LogP contribution is 2.42. The number of hydrogen-bond donors (Lipinski definition) is 0. The molecule has 7 nitrogen and oxygen atoms in total. The first-order valence-corrected chi connectivity index (χ1v) is 6.99. The van der Waals surface area contributed by atoms with Crippen molar-refractivity contribution in [3.8, 4) is 22.8 Å². The maximum atomic E-state index is 12.5. The van der Waals surface area contributed by atoms with E-state index < -0.39 is 16.0 Å². The van der Waals surface area contributed by atoms with Crippen molar-refractivity contribution in [2.45, 2.75) is 0 Å². The summed E-state index contributed by atoms with van der Waals surface area (Å²) in [7, 11) is 2.55. The summed E-state index contributed by atoms with van der Waals surface area (Å²) < 4.78 is 15.9. The summed E-state index contributed by atoms with van der Waals surface area (Å²) in [5, 5.41) is 11.3. The van der Waals surface area contributed by atoms with E-state index >= 15 is 0 Å². The van der Waals surface area contributed by atoms with Crippen LogP contribution in [0.4, 0.5) is 5.69 Å². The van der Waals surface area contributed by atoms with Gasteiger partial charge in [-0.05, 0) is 0 Å². The molecular weight excluding hydrogens is 314 g/mol. The minimum absolute atomic E-state index is 0.00433. The number of ether oxygens (including phenoxy) is 2. The van der Waals surface area contributed by atoms with Gasteiger partial charge >= 0.3 is 5.69 Å². The van der Waals surface area contributed by atoms with E-state index in [0.717, 1.165) is 0 Å². The van der Waals surface area contributed by atoms with Crippen molar-refractivity contribution in [1.29, 1.82) is 0 Å². The summed E-state index contributed by atoms with van der Waals surface area (Å²) in [6.07, 6.45) is 0. The molecule has 122 valence electrons. The maximum Gasteiger partial charge on any atom is 0.353 e. The van der Waals surface area contributed by atoms with Crippen LogP contribution in [0, 0.1) is 10.1 Å². The van der Waals surface area contributed by atoms with Crippen molar-refractivity contribution in [2.75, 3.05) is 14.2 Å². The number of rotatable bonds is 4. The lowest BCUT2D eigenvalue weighted by Crippen LogP contribution is -2.06. The normalized spacial score (nSPS) is 10.6. The largest absolute Gasteiger partial charge is 0.490 e. The average Bonchev–Trinajstić information content (AvgIpc) is 2.60. The van der Waals surface area contributed by atoms with Gasteiger partial charge in [-0.1, -0.05) is 30.3 Å². The molecule has 0 aliphatic rings. The Bertz CT molecular complexity index is 978. The van der Waals surface area contributed by atoms with E-state index in [1.54, 1.807) is 12.1 Å². The fourth-order valence-corrected chi connectivity index (χ4v) is 2.53. The second-order valence-corrected chi connectivity index (χ2v) is 4.93. The number of nitrogens with zero attached hydrogens (tertiary/aromatic N) is 1. The summed E-state index contributed by atoms with van der Waals surface area (Å²) in [4.78, 5) is 23.2. The fraction of sp³-hybridized carbons (Fsp3) is 0.118. The molecule has 0 spiro atoms. The van der Waals surface area contributed by atoms with E-state index in [2.05, 4.69) is 0 Å². The molecular formula is C17H13NO6. The summed E-state index contributed by atoms with van der Waals surface area (Å²) in [5.41, 5.74) is 0.0263. The molecule has 3 rings (SSSR count). The van der Waals surface area contributed by atoms with Crippen molar-refractivity contribution < 1.29 is 18.8 Å². The molecule has 0 bridgehead atoms. The van der Waals surface area contributed by atoms with Gasteiger partial charge in [0.2, 0.25) is 11.5 Å². The predicted octanol–water partition coefficient (Wildman–Crippen LogP) is 3.39. The van der Waals surface area contributed by atoms with Crippen LogP contribution in [0.1, 0.15) is 0 Å². The van der Waals surface area contributed by atoms with Gasteiger partial charge < -0.3 is 13.9 Å². The quantitative estimate of drug-likeness (QED) is 0.539. The molecule has 1 heterocycles. The minimum atomic E-state index is -0.651. The molecule has 2 aromatic carbocycles. The lowest BCUT2D eigenvalue weighted by Gasteiger charge is -2.10. The first kappa shape index (κ1) is 15.5. The Kier molecular flexibility index (Phi) is 3.91. The van der Waals surface area contributed by atoms with Crippen molar-refractivity contribution in [3.05, 3.63) is 62.8 Å². The Morgan fingerprint density at radius 2 is 1.79 bits per heavy atom. The van der Waals surface area contributed by atoms with Crippen LogP contribution < -0.4 is 14.9 Å². The molecule has 0 amide bonds. The first-order valence-electron chi connectivity index (χ1n) is 6.99. The summed E-state index contributed by atoms with van der Waals surface area (Å²) in [6.45, 7) is 0. The Morgan fingerprint density at radius 1 is 1.08 bits per heavy atom. The molecule has 3 aromatic rings. The van der Waals surface area contributed by atoms with Gasteiger partial charge in [-0.25, -0.2) is 0 Å². The summed E-state index contributed by atoms with van der Waals surface area (Å²) in [5.74, 6) is 0.131. The Balaban J connectivity index is 2.39. The van der Waals surface area contributed by atoms with Crippen LogP contribution in [-0.4, -0.2) is 19.1 Å². The van der Waals surface area contributed by atoms with Gasteiger partial charge in [-0.15, -0.1) is 0 Å². The van der Waals surface area contributed by atoms with Gasteiger partial charge in [0.15, 0.2) is 5.43 Å². The topological polar surface area (TPSA) is 91.8 Å². The smallest absolute Gasteiger partial charge is 0.353 e. The molecule has 7 heteroatoms. The number of fused-ring (bicyclic) bond motifs is 1. The molecule has 0 aliphatic carbocycles. The van der Waals surface area contributed by atoms with E-state index in [0.29, 0.717) is 11.3 Å². The van der Waals surface area contributed by atoms with Gasteiger partial charge in [-0.3, -0.25) is 14.9 Å². The van der Waals surface area contributed by atoms with Crippen LogP contribution in [0.2, 0.25) is 0 Å². The highest BCUT2D eigenvalue weighted by Gasteiger charge is 2.28. The van der Waals surface area contributed by atoms with Crippen molar-refractivity contribution >= 4 is 16.7 Å². The van der Waals surface area contributed by atoms with Crippen molar-refractivity contribution in [2.24, 2.45) is 0 Å². The predicted molar refractivity (Wildman–Crippen MR) is 87.7 cm³/mol. The highest BCUT2D eigenvalue weighted by atomic mass is 16.6. The van der Waals surface area contributed by atoms with E-state index in [1.807, 2.05) is 18.2 Å². The zero-order valence-corrected chi connectivity index (χ0v) is 12.9. The molecule has 0 N–H and O–H groups in total. The Hall–Kier alpha value is -3.35. The van der Waals surface area contributed by atoms with E-state index in [4.69, 9.17) is 13.9 Å². The van der Waals surface area contributed by atoms with Crippen LogP contribution in [-0.2, 0) is 0 Å². The van der Waals surface area contributed by atoms with Crippen LogP contribution in [0.3, 0.4) is 0 Å². The van der Waals surface area contributed by atoms with E-state index in [1.165, 1.54) is 26.4 Å². The van der Waals surface area contributed by atoms with Gasteiger partial charge in [0.1, 0.15) is 16.7 Å². The SMILES string of the molecule is COc1cc2oc(-c3ccccc3)cc(=O)c2c(OC)c1[N+](=O)[O-]. The molecule has 0 saturated carbocycles. The zero-order valence-electron chi connectivity index (χ0n) is 12.9. The molecule has 0 aliphatic heterocycles. The van der Waals surface area contributed by atoms with Gasteiger partial charge in [0, 0.05) is 17.7 Å². The third-order valence-corrected chi connectivity index (χ3v) is 3.58. The van der Waals surface area contributed by atoms with Gasteiger partial charge in [0.05, 0.1) is 19.1 Å². The first-order chi connectivity index (χ1) is 11.6. The van der Waals surface area contributed by atoms with Gasteiger partial charge in [0.25, 0.3) is 0 Å².